The van der Waals surface area contributed by atoms with Crippen LogP contribution in [0.4, 0.5) is 0 Å². The van der Waals surface area contributed by atoms with E-state index in [1.165, 1.54) is 0 Å². The highest BCUT2D eigenvalue weighted by Crippen LogP contribution is 1.99. The van der Waals surface area contributed by atoms with Gasteiger partial charge in [-0.3, -0.25) is 9.59 Å². The minimum absolute atomic E-state index is 0.0268. The second-order valence-corrected chi connectivity index (χ2v) is 6.33. The van der Waals surface area contributed by atoms with Crippen LogP contribution >= 0.6 is 0 Å². The van der Waals surface area contributed by atoms with Crippen molar-refractivity contribution in [1.29, 1.82) is 0 Å². The molecule has 0 saturated heterocycles. The van der Waals surface area contributed by atoms with E-state index >= 15 is 0 Å². The molecule has 1 amide bonds. The number of hydrogen-bond acceptors (Lipinski definition) is 4. The van der Waals surface area contributed by atoms with Crippen LogP contribution in [0, 0.1) is 0 Å². The van der Waals surface area contributed by atoms with Gasteiger partial charge in [-0.05, 0) is 19.3 Å². The second-order valence-electron chi connectivity index (χ2n) is 4.15. The Bertz CT molecular complexity index is 364. The summed E-state index contributed by atoms with van der Waals surface area (Å²) in [6, 6.07) is 0. The van der Waals surface area contributed by atoms with E-state index in [1.807, 2.05) is 0 Å². The van der Waals surface area contributed by atoms with Crippen molar-refractivity contribution in [3.8, 4) is 0 Å². The Balaban J connectivity index is 3.63. The first kappa shape index (κ1) is 16.9. The fraction of sp³-hybridized carbons (Fsp3) is 0.818. The highest BCUT2D eigenvalue weighted by atomic mass is 32.2. The van der Waals surface area contributed by atoms with Crippen LogP contribution in [0.15, 0.2) is 0 Å². The van der Waals surface area contributed by atoms with E-state index in [4.69, 9.17) is 5.11 Å². The van der Waals surface area contributed by atoms with Crippen LogP contribution in [0.25, 0.3) is 0 Å². The minimum Gasteiger partial charge on any atom is -0.481 e. The predicted molar refractivity (Wildman–Crippen MR) is 68.1 cm³/mol. The summed E-state index contributed by atoms with van der Waals surface area (Å²) in [7, 11) is -3.28. The highest BCUT2D eigenvalue weighted by Gasteiger charge is 2.14. The number of nitrogens with one attached hydrogen (secondary N) is 1. The predicted octanol–water partition coefficient (Wildman–Crippen LogP) is 0.572. The molecule has 0 unspecified atom stereocenters. The minimum atomic E-state index is -3.28. The summed E-state index contributed by atoms with van der Waals surface area (Å²) in [5.74, 6) is -1.75. The molecule has 18 heavy (non-hydrogen) atoms. The van der Waals surface area contributed by atoms with Gasteiger partial charge >= 0.3 is 5.97 Å². The molecule has 0 aliphatic heterocycles. The second kappa shape index (κ2) is 8.91. The van der Waals surface area contributed by atoms with Gasteiger partial charge < -0.3 is 10.4 Å². The van der Waals surface area contributed by atoms with E-state index in [0.717, 1.165) is 0 Å². The molecular formula is C11H21NO5S. The van der Waals surface area contributed by atoms with E-state index in [-0.39, 0.29) is 12.2 Å². The monoisotopic (exact) mass is 279 g/mol. The van der Waals surface area contributed by atoms with Crippen LogP contribution in [0.1, 0.15) is 39.0 Å². The number of amides is 1. The van der Waals surface area contributed by atoms with Gasteiger partial charge in [-0.2, -0.15) is 0 Å². The molecule has 6 nitrogen and oxygen atoms in total. The van der Waals surface area contributed by atoms with Gasteiger partial charge in [0, 0.05) is 13.0 Å². The van der Waals surface area contributed by atoms with Crippen LogP contribution in [0.2, 0.25) is 0 Å². The molecule has 106 valence electrons. The van der Waals surface area contributed by atoms with Crippen LogP contribution in [0.3, 0.4) is 0 Å². The van der Waals surface area contributed by atoms with Crippen molar-refractivity contribution in [3.05, 3.63) is 0 Å². The molecule has 0 rings (SSSR count). The standard InChI is InChI=1S/C11H21NO5S/c1-2-8-18(16,17)9-10(13)12-7-5-3-4-6-11(14)15/h2-9H2,1H3,(H,12,13)(H,14,15). The zero-order valence-electron chi connectivity index (χ0n) is 10.6. The molecule has 0 aliphatic rings. The average molecular weight is 279 g/mol. The van der Waals surface area contributed by atoms with Crippen molar-refractivity contribution >= 4 is 21.7 Å². The maximum atomic E-state index is 11.3. The van der Waals surface area contributed by atoms with Crippen LogP contribution < -0.4 is 5.32 Å². The SMILES string of the molecule is CCCS(=O)(=O)CC(=O)NCCCCCC(=O)O. The quantitative estimate of drug-likeness (QED) is 0.569. The van der Waals surface area contributed by atoms with E-state index < -0.39 is 27.5 Å². The van der Waals surface area contributed by atoms with Crippen molar-refractivity contribution in [1.82, 2.24) is 5.32 Å². The topological polar surface area (TPSA) is 101 Å². The van der Waals surface area contributed by atoms with Gasteiger partial charge in [0.1, 0.15) is 5.75 Å². The Morgan fingerprint density at radius 2 is 1.83 bits per heavy atom. The van der Waals surface area contributed by atoms with Gasteiger partial charge in [-0.25, -0.2) is 8.42 Å². The number of aliphatic carboxylic acids is 1. The number of carboxylic acids is 1. The van der Waals surface area contributed by atoms with Gasteiger partial charge in [0.05, 0.1) is 5.75 Å². The molecular weight excluding hydrogens is 258 g/mol. The molecule has 0 atom stereocenters. The summed E-state index contributed by atoms with van der Waals surface area (Å²) < 4.78 is 22.7. The van der Waals surface area contributed by atoms with Crippen molar-refractivity contribution in [3.63, 3.8) is 0 Å². The van der Waals surface area contributed by atoms with Gasteiger partial charge in [0.2, 0.25) is 5.91 Å². The molecule has 0 aromatic heterocycles. The van der Waals surface area contributed by atoms with E-state index in [9.17, 15) is 18.0 Å². The molecule has 0 aliphatic carbocycles. The first-order valence-electron chi connectivity index (χ1n) is 6.06. The Morgan fingerprint density at radius 1 is 1.17 bits per heavy atom. The van der Waals surface area contributed by atoms with E-state index in [0.29, 0.717) is 32.2 Å². The lowest BCUT2D eigenvalue weighted by Gasteiger charge is -2.05. The van der Waals surface area contributed by atoms with Crippen LogP contribution in [-0.4, -0.2) is 43.5 Å². The molecule has 0 aromatic rings. The van der Waals surface area contributed by atoms with Crippen LogP contribution in [-0.2, 0) is 19.4 Å². The molecule has 0 heterocycles. The number of carbonyl (C=O) groups is 2. The zero-order chi connectivity index (χ0) is 14.0. The number of sulfone groups is 1. The van der Waals surface area contributed by atoms with Crippen molar-refractivity contribution in [2.45, 2.75) is 39.0 Å². The molecule has 7 heteroatoms. The van der Waals surface area contributed by atoms with Gasteiger partial charge in [-0.15, -0.1) is 0 Å². The third-order valence-corrected chi connectivity index (χ3v) is 3.99. The molecule has 0 bridgehead atoms. The number of hydrogen-bond donors (Lipinski definition) is 2. The fourth-order valence-electron chi connectivity index (χ4n) is 1.44. The summed E-state index contributed by atoms with van der Waals surface area (Å²) in [4.78, 5) is 21.5. The Labute approximate surface area is 108 Å². The lowest BCUT2D eigenvalue weighted by atomic mass is 10.2. The van der Waals surface area contributed by atoms with Gasteiger partial charge in [0.15, 0.2) is 9.84 Å². The highest BCUT2D eigenvalue weighted by molar-refractivity contribution is 7.92. The maximum Gasteiger partial charge on any atom is 0.303 e. The summed E-state index contributed by atoms with van der Waals surface area (Å²) in [5, 5.41) is 10.9. The van der Waals surface area contributed by atoms with Crippen molar-refractivity contribution in [2.24, 2.45) is 0 Å². The molecule has 0 aromatic carbocycles. The van der Waals surface area contributed by atoms with Gasteiger partial charge in [-0.1, -0.05) is 13.3 Å². The van der Waals surface area contributed by atoms with Crippen molar-refractivity contribution in [2.75, 3.05) is 18.1 Å². The third-order valence-electron chi connectivity index (χ3n) is 2.26. The fourth-order valence-corrected chi connectivity index (χ4v) is 2.71. The average Bonchev–Trinajstić information content (AvgIpc) is 2.21. The number of unbranched alkanes of at least 4 members (excludes halogenated alkanes) is 2. The summed E-state index contributed by atoms with van der Waals surface area (Å²) >= 11 is 0. The Kier molecular flexibility index (Phi) is 8.36. The van der Waals surface area contributed by atoms with Crippen LogP contribution in [0.5, 0.6) is 0 Å². The Morgan fingerprint density at radius 3 is 2.39 bits per heavy atom. The smallest absolute Gasteiger partial charge is 0.303 e. The van der Waals surface area contributed by atoms with E-state index in [1.54, 1.807) is 6.92 Å². The summed E-state index contributed by atoms with van der Waals surface area (Å²) in [6.07, 6.45) is 2.56. The summed E-state index contributed by atoms with van der Waals surface area (Å²) in [5.41, 5.74) is 0. The lowest BCUT2D eigenvalue weighted by molar-refractivity contribution is -0.137. The first-order valence-corrected chi connectivity index (χ1v) is 7.88. The molecule has 0 saturated carbocycles. The molecule has 0 spiro atoms. The largest absolute Gasteiger partial charge is 0.481 e. The molecule has 0 fully saturated rings. The maximum absolute atomic E-state index is 11.3. The third kappa shape index (κ3) is 10.1. The lowest BCUT2D eigenvalue weighted by Crippen LogP contribution is -2.31. The normalized spacial score (nSPS) is 11.2. The molecule has 2 N–H and O–H groups in total. The Hall–Kier alpha value is -1.11. The number of rotatable bonds is 10. The first-order chi connectivity index (χ1) is 8.37. The summed E-state index contributed by atoms with van der Waals surface area (Å²) in [6.45, 7) is 2.14. The van der Waals surface area contributed by atoms with Crippen molar-refractivity contribution < 1.29 is 23.1 Å². The number of carbonyl (C=O) groups excluding carboxylic acids is 1. The molecule has 0 radical (unpaired) electrons. The number of carboxylic acid groups (broad SMARTS) is 1. The van der Waals surface area contributed by atoms with Gasteiger partial charge in [0.25, 0.3) is 0 Å². The zero-order valence-corrected chi connectivity index (χ0v) is 11.5. The van der Waals surface area contributed by atoms with E-state index in [2.05, 4.69) is 5.32 Å².